The maximum Gasteiger partial charge on any atom is 0.252 e. The molecule has 0 aliphatic rings. The number of tetrazole rings is 1. The number of hydrogen-bond acceptors (Lipinski definition) is 5. The highest BCUT2D eigenvalue weighted by molar-refractivity contribution is 5.79. The fourth-order valence-electron chi connectivity index (χ4n) is 4.54. The van der Waals surface area contributed by atoms with E-state index < -0.39 is 0 Å². The molecule has 0 unspecified atom stereocenters. The molecular formula is C28H36N6O. The van der Waals surface area contributed by atoms with Gasteiger partial charge in [0.05, 0.1) is 11.6 Å². The van der Waals surface area contributed by atoms with Gasteiger partial charge in [0.25, 0.3) is 5.56 Å². The smallest absolute Gasteiger partial charge is 0.252 e. The summed E-state index contributed by atoms with van der Waals surface area (Å²) in [5.41, 5.74) is 3.79. The Hall–Kier alpha value is -3.32. The molecule has 184 valence electrons. The molecular weight excluding hydrogens is 436 g/mol. The molecule has 0 aliphatic heterocycles. The molecule has 2 aromatic carbocycles. The van der Waals surface area contributed by atoms with Crippen molar-refractivity contribution in [2.45, 2.75) is 78.6 Å². The number of fused-ring (bicyclic) bond motifs is 1. The summed E-state index contributed by atoms with van der Waals surface area (Å²) >= 11 is 0. The van der Waals surface area contributed by atoms with Gasteiger partial charge in [0.2, 0.25) is 0 Å². The van der Waals surface area contributed by atoms with Crippen LogP contribution in [0.2, 0.25) is 0 Å². The van der Waals surface area contributed by atoms with E-state index in [4.69, 9.17) is 0 Å². The third-order valence-corrected chi connectivity index (χ3v) is 7.05. The number of aromatic amines is 1. The topological polar surface area (TPSA) is 79.7 Å². The Bertz CT molecular complexity index is 1320. The van der Waals surface area contributed by atoms with Crippen LogP contribution in [0.25, 0.3) is 10.9 Å². The number of nitrogens with one attached hydrogen (secondary N) is 1. The van der Waals surface area contributed by atoms with Crippen molar-refractivity contribution >= 4 is 10.9 Å². The number of H-pyrrole nitrogens is 1. The van der Waals surface area contributed by atoms with Crippen LogP contribution in [0.1, 0.15) is 76.0 Å². The van der Waals surface area contributed by atoms with Crippen LogP contribution < -0.4 is 5.56 Å². The molecule has 1 atom stereocenters. The monoisotopic (exact) mass is 472 g/mol. The highest BCUT2D eigenvalue weighted by Crippen LogP contribution is 2.30. The fourth-order valence-corrected chi connectivity index (χ4v) is 4.54. The average molecular weight is 473 g/mol. The van der Waals surface area contributed by atoms with Crippen LogP contribution in [-0.2, 0) is 25.0 Å². The van der Waals surface area contributed by atoms with Gasteiger partial charge in [-0.05, 0) is 78.2 Å². The number of rotatable bonds is 10. The van der Waals surface area contributed by atoms with Gasteiger partial charge in [-0.1, -0.05) is 57.2 Å². The van der Waals surface area contributed by atoms with Gasteiger partial charge >= 0.3 is 0 Å². The van der Waals surface area contributed by atoms with Crippen LogP contribution in [0.15, 0.2) is 59.4 Å². The lowest BCUT2D eigenvalue weighted by Gasteiger charge is -2.33. The summed E-state index contributed by atoms with van der Waals surface area (Å²) < 4.78 is 1.96. The number of aryl methyl sites for hydroxylation is 1. The van der Waals surface area contributed by atoms with Crippen molar-refractivity contribution in [3.8, 4) is 0 Å². The van der Waals surface area contributed by atoms with Crippen LogP contribution in [0.5, 0.6) is 0 Å². The zero-order chi connectivity index (χ0) is 25.0. The van der Waals surface area contributed by atoms with Gasteiger partial charge in [-0.2, -0.15) is 0 Å². The first kappa shape index (κ1) is 24.8. The Labute approximate surface area is 207 Å². The molecule has 4 aromatic rings. The molecule has 0 aliphatic carbocycles. The van der Waals surface area contributed by atoms with Crippen LogP contribution in [-0.4, -0.2) is 30.1 Å². The lowest BCUT2D eigenvalue weighted by Crippen LogP contribution is -2.36. The number of benzene rings is 2. The molecule has 0 saturated heterocycles. The summed E-state index contributed by atoms with van der Waals surface area (Å²) in [6.07, 6.45) is 2.68. The van der Waals surface area contributed by atoms with Crippen molar-refractivity contribution in [3.63, 3.8) is 0 Å². The number of nitrogens with zero attached hydrogens (tertiary/aromatic N) is 5. The molecule has 7 nitrogen and oxygen atoms in total. The van der Waals surface area contributed by atoms with Crippen LogP contribution >= 0.6 is 0 Å². The second-order valence-electron chi connectivity index (χ2n) is 9.83. The van der Waals surface area contributed by atoms with Crippen LogP contribution in [0.3, 0.4) is 0 Å². The molecule has 35 heavy (non-hydrogen) atoms. The Morgan fingerprint density at radius 2 is 1.77 bits per heavy atom. The van der Waals surface area contributed by atoms with E-state index in [0.29, 0.717) is 13.1 Å². The predicted molar refractivity (Wildman–Crippen MR) is 140 cm³/mol. The van der Waals surface area contributed by atoms with Crippen LogP contribution in [0.4, 0.5) is 0 Å². The fraction of sp³-hybridized carbons (Fsp3) is 0.429. The largest absolute Gasteiger partial charge is 0.322 e. The zero-order valence-corrected chi connectivity index (χ0v) is 21.5. The third-order valence-electron chi connectivity index (χ3n) is 7.05. The Kier molecular flexibility index (Phi) is 7.45. The van der Waals surface area contributed by atoms with Gasteiger partial charge in [-0.25, -0.2) is 4.68 Å². The summed E-state index contributed by atoms with van der Waals surface area (Å²) in [6.45, 7) is 11.9. The van der Waals surface area contributed by atoms with Crippen LogP contribution in [0, 0.1) is 0 Å². The first-order valence-electron chi connectivity index (χ1n) is 12.6. The van der Waals surface area contributed by atoms with E-state index in [1.165, 1.54) is 11.1 Å². The minimum atomic E-state index is -0.207. The first-order valence-corrected chi connectivity index (χ1v) is 12.6. The van der Waals surface area contributed by atoms with Gasteiger partial charge < -0.3 is 4.98 Å². The highest BCUT2D eigenvalue weighted by Gasteiger charge is 2.31. The number of pyridine rings is 1. The van der Waals surface area contributed by atoms with E-state index in [9.17, 15) is 4.79 Å². The lowest BCUT2D eigenvalue weighted by atomic mass is 10.0. The van der Waals surface area contributed by atoms with Gasteiger partial charge in [-0.3, -0.25) is 9.69 Å². The average Bonchev–Trinajstić information content (AvgIpc) is 3.36. The molecule has 0 amide bonds. The van der Waals surface area contributed by atoms with Crippen molar-refractivity contribution in [1.29, 1.82) is 0 Å². The van der Waals surface area contributed by atoms with Gasteiger partial charge in [0.1, 0.15) is 0 Å². The molecule has 0 radical (unpaired) electrons. The minimum absolute atomic E-state index is 0.0481. The maximum absolute atomic E-state index is 13.1. The van der Waals surface area contributed by atoms with Crippen molar-refractivity contribution < 1.29 is 0 Å². The molecule has 0 spiro atoms. The molecule has 7 heteroatoms. The predicted octanol–water partition coefficient (Wildman–Crippen LogP) is 5.38. The molecule has 0 fully saturated rings. The second kappa shape index (κ2) is 10.5. The van der Waals surface area contributed by atoms with Gasteiger partial charge in [0, 0.05) is 24.2 Å². The summed E-state index contributed by atoms with van der Waals surface area (Å²) in [5.74, 6) is 0.834. The molecule has 0 saturated carbocycles. The van der Waals surface area contributed by atoms with Crippen molar-refractivity contribution in [1.82, 2.24) is 30.1 Å². The highest BCUT2D eigenvalue weighted by atomic mass is 16.1. The van der Waals surface area contributed by atoms with E-state index in [0.717, 1.165) is 41.6 Å². The number of aromatic nitrogens is 5. The van der Waals surface area contributed by atoms with E-state index in [2.05, 4.69) is 84.3 Å². The second-order valence-corrected chi connectivity index (χ2v) is 9.83. The molecule has 0 bridgehead atoms. The zero-order valence-electron chi connectivity index (χ0n) is 21.5. The Morgan fingerprint density at radius 3 is 2.46 bits per heavy atom. The van der Waals surface area contributed by atoms with E-state index >= 15 is 0 Å². The maximum atomic E-state index is 13.1. The standard InChI is InChI=1S/C28H36N6O/c1-6-20-14-15-24-22(16-20)17-23(27(35)29-24)19-33(18-21-12-10-9-11-13-21)25(7-2)26-30-31-32-34(26)28(4,5)8-3/h9-17,25H,6-8,18-19H2,1-5H3,(H,29,35)/t25-/m0/s1. The third kappa shape index (κ3) is 5.35. The normalized spacial score (nSPS) is 13.0. The SMILES string of the molecule is CCc1ccc2[nH]c(=O)c(CN(Cc3ccccc3)[C@@H](CC)c3nnnn3C(C)(C)CC)cc2c1. The summed E-state index contributed by atoms with van der Waals surface area (Å²) in [5, 5.41) is 13.9. The molecule has 4 rings (SSSR count). The Balaban J connectivity index is 1.77. The van der Waals surface area contributed by atoms with Crippen molar-refractivity contribution in [2.24, 2.45) is 0 Å². The van der Waals surface area contributed by atoms with E-state index in [-0.39, 0.29) is 17.1 Å². The van der Waals surface area contributed by atoms with Crippen molar-refractivity contribution in [2.75, 3.05) is 0 Å². The molecule has 2 aromatic heterocycles. The quantitative estimate of drug-likeness (QED) is 0.335. The molecule has 1 N–H and O–H groups in total. The lowest BCUT2D eigenvalue weighted by molar-refractivity contribution is 0.150. The number of hydrogen-bond donors (Lipinski definition) is 1. The van der Waals surface area contributed by atoms with Crippen molar-refractivity contribution in [3.05, 3.63) is 87.5 Å². The minimum Gasteiger partial charge on any atom is -0.322 e. The molecule has 2 heterocycles. The van der Waals surface area contributed by atoms with Gasteiger partial charge in [0.15, 0.2) is 5.82 Å². The van der Waals surface area contributed by atoms with E-state index in [1.54, 1.807) is 0 Å². The summed E-state index contributed by atoms with van der Waals surface area (Å²) in [4.78, 5) is 18.5. The summed E-state index contributed by atoms with van der Waals surface area (Å²) in [6, 6.07) is 18.6. The van der Waals surface area contributed by atoms with Gasteiger partial charge in [-0.15, -0.1) is 5.10 Å². The first-order chi connectivity index (χ1) is 16.9. The summed E-state index contributed by atoms with van der Waals surface area (Å²) in [7, 11) is 0. The Morgan fingerprint density at radius 1 is 1.00 bits per heavy atom. The van der Waals surface area contributed by atoms with E-state index in [1.807, 2.05) is 35.0 Å².